The number of nitro benzene ring substituents is 1. The molecule has 24 heavy (non-hydrogen) atoms. The molecule has 1 aromatic rings. The molecule has 2 atom stereocenters. The zero-order chi connectivity index (χ0) is 18.7. The number of benzene rings is 1. The summed E-state index contributed by atoms with van der Waals surface area (Å²) in [6.45, 7) is 3.01. The molecule has 0 heterocycles. The van der Waals surface area contributed by atoms with Crippen LogP contribution in [0.25, 0.3) is 0 Å². The second-order valence-electron chi connectivity index (χ2n) is 4.47. The predicted molar refractivity (Wildman–Crippen MR) is 89.6 cm³/mol. The Labute approximate surface area is 149 Å². The molecule has 0 aromatic heterocycles. The second-order valence-corrected chi connectivity index (χ2v) is 5.57. The van der Waals surface area contributed by atoms with E-state index in [-0.39, 0.29) is 12.3 Å². The number of nitro groups is 1. The van der Waals surface area contributed by atoms with Gasteiger partial charge in [-0.3, -0.25) is 14.9 Å². The molecule has 0 aliphatic heterocycles. The van der Waals surface area contributed by atoms with Crippen LogP contribution in [0, 0.1) is 17.0 Å². The summed E-state index contributed by atoms with van der Waals surface area (Å²) in [7, 11) is 0. The van der Waals surface area contributed by atoms with Gasteiger partial charge in [-0.1, -0.05) is 30.1 Å². The number of alkyl halides is 2. The summed E-state index contributed by atoms with van der Waals surface area (Å²) in [6.07, 6.45) is -0.628. The lowest BCUT2D eigenvalue weighted by atomic mass is 10.0. The van der Waals surface area contributed by atoms with Crippen molar-refractivity contribution >= 4 is 34.8 Å². The van der Waals surface area contributed by atoms with Crippen LogP contribution in [-0.2, 0) is 4.79 Å². The summed E-state index contributed by atoms with van der Waals surface area (Å²) in [5, 5.41) is 39.8. The van der Waals surface area contributed by atoms with Gasteiger partial charge in [-0.25, -0.2) is 0 Å². The first-order valence-corrected chi connectivity index (χ1v) is 7.67. The Bertz CT molecular complexity index is 510. The number of rotatable bonds is 7. The first-order chi connectivity index (χ1) is 11.3. The van der Waals surface area contributed by atoms with Crippen molar-refractivity contribution in [1.29, 1.82) is 0 Å². The van der Waals surface area contributed by atoms with Gasteiger partial charge in [-0.05, 0) is 24.1 Å². The number of carbonyl (C=O) groups is 1. The SMILES string of the molecule is O=C(N[C@@H](CO)[C@@H](O)c1ccc([N+](=O)[O-])cc1)C(Cl)Cl.[CH2]CCO. The molecule has 8 nitrogen and oxygen atoms in total. The van der Waals surface area contributed by atoms with Gasteiger partial charge in [-0.15, -0.1) is 0 Å². The molecule has 0 unspecified atom stereocenters. The van der Waals surface area contributed by atoms with E-state index in [0.717, 1.165) is 0 Å². The standard InChI is InChI=1S/C11H12Cl2N2O5.C3H7O/c12-10(13)11(18)14-8(5-16)9(17)6-1-3-7(4-2-6)15(19)20;1-2-3-4/h1-4,8-10,16-17H,5H2,(H,14,18);4H,1-3H2/t8-,9-;/m0./s1. The van der Waals surface area contributed by atoms with Gasteiger partial charge in [0.05, 0.1) is 17.6 Å². The largest absolute Gasteiger partial charge is 0.396 e. The van der Waals surface area contributed by atoms with Crippen LogP contribution >= 0.6 is 23.2 Å². The van der Waals surface area contributed by atoms with Crippen LogP contribution in [0.3, 0.4) is 0 Å². The van der Waals surface area contributed by atoms with E-state index in [2.05, 4.69) is 12.2 Å². The van der Waals surface area contributed by atoms with Crippen molar-refractivity contribution in [2.24, 2.45) is 0 Å². The summed E-state index contributed by atoms with van der Waals surface area (Å²) in [5.74, 6) is -0.756. The van der Waals surface area contributed by atoms with E-state index >= 15 is 0 Å². The number of nitrogens with zero attached hydrogens (tertiary/aromatic N) is 1. The lowest BCUT2D eigenvalue weighted by Crippen LogP contribution is -2.44. The summed E-state index contributed by atoms with van der Waals surface area (Å²) in [4.78, 5) is 19.9. The average molecular weight is 382 g/mol. The van der Waals surface area contributed by atoms with E-state index in [0.29, 0.717) is 12.0 Å². The van der Waals surface area contributed by atoms with Crippen molar-refractivity contribution in [3.8, 4) is 0 Å². The highest BCUT2D eigenvalue weighted by molar-refractivity contribution is 6.53. The summed E-state index contributed by atoms with van der Waals surface area (Å²) < 4.78 is 0. The Morgan fingerprint density at radius 1 is 1.29 bits per heavy atom. The molecule has 1 radical (unpaired) electrons. The summed E-state index contributed by atoms with van der Waals surface area (Å²) in [6, 6.07) is 4.05. The minimum Gasteiger partial charge on any atom is -0.396 e. The molecular formula is C14H19Cl2N2O6. The van der Waals surface area contributed by atoms with E-state index in [1.807, 2.05) is 0 Å². The number of carbonyl (C=O) groups excluding carboxylic acids is 1. The van der Waals surface area contributed by atoms with E-state index in [1.54, 1.807) is 0 Å². The number of aliphatic hydroxyl groups excluding tert-OH is 3. The van der Waals surface area contributed by atoms with Gasteiger partial charge in [0.2, 0.25) is 0 Å². The molecule has 135 valence electrons. The lowest BCUT2D eigenvalue weighted by Gasteiger charge is -2.22. The molecular weight excluding hydrogens is 363 g/mol. The zero-order valence-corrected chi connectivity index (χ0v) is 14.2. The van der Waals surface area contributed by atoms with Crippen molar-refractivity contribution in [3.63, 3.8) is 0 Å². The van der Waals surface area contributed by atoms with Gasteiger partial charge in [0.1, 0.15) is 6.10 Å². The van der Waals surface area contributed by atoms with Crippen LogP contribution in [-0.4, -0.2) is 50.2 Å². The van der Waals surface area contributed by atoms with Crippen molar-refractivity contribution in [1.82, 2.24) is 5.32 Å². The molecule has 1 aromatic carbocycles. The van der Waals surface area contributed by atoms with Crippen LogP contribution < -0.4 is 5.32 Å². The molecule has 0 saturated heterocycles. The molecule has 0 fully saturated rings. The van der Waals surface area contributed by atoms with Gasteiger partial charge in [0.15, 0.2) is 4.84 Å². The van der Waals surface area contributed by atoms with E-state index < -0.39 is 34.4 Å². The molecule has 1 rings (SSSR count). The summed E-state index contributed by atoms with van der Waals surface area (Å²) >= 11 is 10.7. The first kappa shape index (κ1) is 22.6. The number of aliphatic hydroxyl groups is 3. The van der Waals surface area contributed by atoms with Crippen molar-refractivity contribution < 1.29 is 25.0 Å². The highest BCUT2D eigenvalue weighted by atomic mass is 35.5. The van der Waals surface area contributed by atoms with E-state index in [4.69, 9.17) is 33.4 Å². The fourth-order valence-corrected chi connectivity index (χ4v) is 1.62. The third-order valence-electron chi connectivity index (χ3n) is 2.71. The Kier molecular flexibility index (Phi) is 11.3. The Morgan fingerprint density at radius 3 is 2.12 bits per heavy atom. The van der Waals surface area contributed by atoms with E-state index in [1.165, 1.54) is 24.3 Å². The molecule has 0 saturated carbocycles. The number of nitrogens with one attached hydrogen (secondary N) is 1. The number of halogens is 2. The topological polar surface area (TPSA) is 133 Å². The normalized spacial score (nSPS) is 12.8. The molecule has 0 aliphatic rings. The first-order valence-electron chi connectivity index (χ1n) is 6.80. The number of hydrogen-bond donors (Lipinski definition) is 4. The van der Waals surface area contributed by atoms with Gasteiger partial charge >= 0.3 is 0 Å². The monoisotopic (exact) mass is 381 g/mol. The molecule has 10 heteroatoms. The molecule has 0 bridgehead atoms. The quantitative estimate of drug-likeness (QED) is 0.317. The minimum atomic E-state index is -1.33. The van der Waals surface area contributed by atoms with Crippen LogP contribution in [0.1, 0.15) is 18.1 Å². The highest BCUT2D eigenvalue weighted by Crippen LogP contribution is 2.20. The fraction of sp³-hybridized carbons (Fsp3) is 0.429. The molecule has 0 aliphatic carbocycles. The Morgan fingerprint density at radius 2 is 1.79 bits per heavy atom. The maximum absolute atomic E-state index is 11.3. The van der Waals surface area contributed by atoms with Gasteiger partial charge in [0, 0.05) is 18.7 Å². The number of amides is 1. The fourth-order valence-electron chi connectivity index (χ4n) is 1.50. The average Bonchev–Trinajstić information content (AvgIpc) is 2.58. The number of non-ortho nitro benzene ring substituents is 1. The Balaban J connectivity index is 0.00000118. The second kappa shape index (κ2) is 12.0. The van der Waals surface area contributed by atoms with Crippen molar-refractivity contribution in [2.45, 2.75) is 23.4 Å². The third kappa shape index (κ3) is 7.89. The smallest absolute Gasteiger partial charge is 0.269 e. The molecule has 0 spiro atoms. The summed E-state index contributed by atoms with van der Waals surface area (Å²) in [5.41, 5.74) is 0.169. The third-order valence-corrected chi connectivity index (χ3v) is 3.10. The minimum absolute atomic E-state index is 0.132. The molecule has 1 amide bonds. The van der Waals surface area contributed by atoms with Crippen LogP contribution in [0.4, 0.5) is 5.69 Å². The van der Waals surface area contributed by atoms with Crippen LogP contribution in [0.15, 0.2) is 24.3 Å². The van der Waals surface area contributed by atoms with Crippen molar-refractivity contribution in [3.05, 3.63) is 46.9 Å². The highest BCUT2D eigenvalue weighted by Gasteiger charge is 2.24. The maximum Gasteiger partial charge on any atom is 0.269 e. The van der Waals surface area contributed by atoms with E-state index in [9.17, 15) is 20.0 Å². The molecule has 4 N–H and O–H groups in total. The van der Waals surface area contributed by atoms with Gasteiger partial charge < -0.3 is 20.6 Å². The zero-order valence-electron chi connectivity index (χ0n) is 12.6. The maximum atomic E-state index is 11.3. The van der Waals surface area contributed by atoms with Gasteiger partial charge in [-0.2, -0.15) is 0 Å². The Hall–Kier alpha value is -1.45. The predicted octanol–water partition coefficient (Wildman–Crippen LogP) is 1.11. The van der Waals surface area contributed by atoms with Crippen molar-refractivity contribution in [2.75, 3.05) is 13.2 Å². The lowest BCUT2D eigenvalue weighted by molar-refractivity contribution is -0.384. The number of hydrogen-bond acceptors (Lipinski definition) is 6. The van der Waals surface area contributed by atoms with Crippen LogP contribution in [0.2, 0.25) is 0 Å². The van der Waals surface area contributed by atoms with Gasteiger partial charge in [0.25, 0.3) is 11.6 Å². The van der Waals surface area contributed by atoms with Crippen LogP contribution in [0.5, 0.6) is 0 Å².